The molecule has 0 aliphatic carbocycles. The molecule has 3 rings (SSSR count). The molecular weight excluding hydrogens is 298 g/mol. The van der Waals surface area contributed by atoms with Crippen LogP contribution >= 0.6 is 11.8 Å². The number of thioether (sulfide) groups is 1. The number of piperidine rings is 1. The zero-order valence-corrected chi connectivity index (χ0v) is 14.3. The van der Waals surface area contributed by atoms with Crippen molar-refractivity contribution in [2.75, 3.05) is 39.0 Å². The average molecular weight is 323 g/mol. The fraction of sp³-hybridized carbons (Fsp3) is 0.800. The van der Waals surface area contributed by atoms with Gasteiger partial charge in [0.05, 0.1) is 6.54 Å². The third kappa shape index (κ3) is 3.30. The molecule has 2 saturated heterocycles. The first-order valence-electron chi connectivity index (χ1n) is 8.12. The molecule has 1 atom stereocenters. The van der Waals surface area contributed by atoms with Crippen LogP contribution in [0.2, 0.25) is 0 Å². The Hall–Kier alpha value is -1.08. The van der Waals surface area contributed by atoms with E-state index in [2.05, 4.69) is 19.7 Å². The Labute approximate surface area is 136 Å². The van der Waals surface area contributed by atoms with E-state index in [1.807, 2.05) is 18.2 Å². The number of amides is 1. The van der Waals surface area contributed by atoms with Crippen molar-refractivity contribution in [3.8, 4) is 0 Å². The molecular formula is C15H25N5OS. The minimum absolute atomic E-state index is 0.293. The zero-order valence-electron chi connectivity index (χ0n) is 13.5. The quantitative estimate of drug-likeness (QED) is 0.783. The van der Waals surface area contributed by atoms with Gasteiger partial charge in [0.1, 0.15) is 5.82 Å². The first-order chi connectivity index (χ1) is 10.7. The van der Waals surface area contributed by atoms with E-state index in [9.17, 15) is 4.79 Å². The molecule has 0 unspecified atom stereocenters. The molecule has 0 bridgehead atoms. The number of carbonyl (C=O) groups is 1. The predicted molar refractivity (Wildman–Crippen MR) is 87.0 cm³/mol. The van der Waals surface area contributed by atoms with Gasteiger partial charge >= 0.3 is 0 Å². The van der Waals surface area contributed by atoms with E-state index in [0.717, 1.165) is 62.8 Å². The number of nitrogens with zero attached hydrogens (tertiary/aromatic N) is 5. The average Bonchev–Trinajstić information content (AvgIpc) is 3.17. The number of likely N-dealkylation sites (tertiary alicyclic amines) is 2. The zero-order chi connectivity index (χ0) is 15.5. The normalized spacial score (nSPS) is 23.2. The van der Waals surface area contributed by atoms with Crippen molar-refractivity contribution in [2.45, 2.75) is 36.8 Å². The maximum absolute atomic E-state index is 12.3. The summed E-state index contributed by atoms with van der Waals surface area (Å²) in [5, 5.41) is 9.57. The summed E-state index contributed by atoms with van der Waals surface area (Å²) in [7, 11) is 2.04. The Kier molecular flexibility index (Phi) is 5.03. The molecule has 0 spiro atoms. The molecule has 3 heterocycles. The molecule has 0 radical (unpaired) electrons. The van der Waals surface area contributed by atoms with Crippen LogP contribution in [0.25, 0.3) is 0 Å². The van der Waals surface area contributed by atoms with Gasteiger partial charge in [-0.15, -0.1) is 10.2 Å². The van der Waals surface area contributed by atoms with Gasteiger partial charge in [-0.3, -0.25) is 9.69 Å². The largest absolute Gasteiger partial charge is 0.342 e. The summed E-state index contributed by atoms with van der Waals surface area (Å²) in [6, 6.07) is 0. The molecule has 22 heavy (non-hydrogen) atoms. The molecule has 7 heteroatoms. The molecule has 2 aliphatic rings. The maximum atomic E-state index is 12.3. The summed E-state index contributed by atoms with van der Waals surface area (Å²) in [5.41, 5.74) is 0. The molecule has 122 valence electrons. The monoisotopic (exact) mass is 323 g/mol. The van der Waals surface area contributed by atoms with Gasteiger partial charge in [0.25, 0.3) is 0 Å². The smallest absolute Gasteiger partial charge is 0.236 e. The van der Waals surface area contributed by atoms with Gasteiger partial charge in [0.2, 0.25) is 5.91 Å². The van der Waals surface area contributed by atoms with Crippen LogP contribution in [0.1, 0.15) is 37.4 Å². The Morgan fingerprint density at radius 1 is 1.23 bits per heavy atom. The standard InChI is InChI=1S/C15H25N5OS/c1-18-14(16-17-15(18)22-2)12-6-5-7-19(10-12)11-13(21)20-8-3-4-9-20/h12H,3-11H2,1-2H3/t12-/m0/s1. The highest BCUT2D eigenvalue weighted by Gasteiger charge is 2.28. The number of carbonyl (C=O) groups excluding carboxylic acids is 1. The van der Waals surface area contributed by atoms with Gasteiger partial charge < -0.3 is 9.47 Å². The van der Waals surface area contributed by atoms with Gasteiger partial charge in [-0.25, -0.2) is 0 Å². The summed E-state index contributed by atoms with van der Waals surface area (Å²) in [6.07, 6.45) is 6.60. The van der Waals surface area contributed by atoms with Crippen LogP contribution in [0.3, 0.4) is 0 Å². The summed E-state index contributed by atoms with van der Waals surface area (Å²) in [5.74, 6) is 1.74. The summed E-state index contributed by atoms with van der Waals surface area (Å²) < 4.78 is 2.10. The van der Waals surface area contributed by atoms with Crippen LogP contribution in [-0.2, 0) is 11.8 Å². The molecule has 0 saturated carbocycles. The molecule has 2 aliphatic heterocycles. The topological polar surface area (TPSA) is 54.3 Å². The lowest BCUT2D eigenvalue weighted by atomic mass is 9.97. The number of aromatic nitrogens is 3. The van der Waals surface area contributed by atoms with Crippen LogP contribution < -0.4 is 0 Å². The molecule has 1 aromatic rings. The van der Waals surface area contributed by atoms with E-state index in [-0.39, 0.29) is 0 Å². The Balaban J connectivity index is 1.61. The fourth-order valence-corrected chi connectivity index (χ4v) is 4.02. The van der Waals surface area contributed by atoms with Crippen LogP contribution in [0, 0.1) is 0 Å². The highest BCUT2D eigenvalue weighted by atomic mass is 32.2. The van der Waals surface area contributed by atoms with Crippen molar-refractivity contribution in [1.29, 1.82) is 0 Å². The maximum Gasteiger partial charge on any atom is 0.236 e. The second kappa shape index (κ2) is 7.00. The third-order valence-corrected chi connectivity index (χ3v) is 5.46. The van der Waals surface area contributed by atoms with E-state index >= 15 is 0 Å². The van der Waals surface area contributed by atoms with Gasteiger partial charge in [0, 0.05) is 32.6 Å². The van der Waals surface area contributed by atoms with Gasteiger partial charge in [-0.05, 0) is 38.5 Å². The minimum atomic E-state index is 0.293. The molecule has 2 fully saturated rings. The second-order valence-corrected chi connectivity index (χ2v) is 7.04. The van der Waals surface area contributed by atoms with Crippen molar-refractivity contribution in [1.82, 2.24) is 24.6 Å². The Morgan fingerprint density at radius 2 is 2.00 bits per heavy atom. The van der Waals surface area contributed by atoms with Crippen molar-refractivity contribution in [2.24, 2.45) is 7.05 Å². The van der Waals surface area contributed by atoms with Gasteiger partial charge in [0.15, 0.2) is 5.16 Å². The van der Waals surface area contributed by atoms with Crippen molar-refractivity contribution >= 4 is 17.7 Å². The molecule has 1 aromatic heterocycles. The van der Waals surface area contributed by atoms with Gasteiger partial charge in [-0.2, -0.15) is 0 Å². The van der Waals surface area contributed by atoms with Crippen molar-refractivity contribution in [3.63, 3.8) is 0 Å². The highest BCUT2D eigenvalue weighted by molar-refractivity contribution is 7.98. The van der Waals surface area contributed by atoms with E-state index < -0.39 is 0 Å². The van der Waals surface area contributed by atoms with Crippen molar-refractivity contribution in [3.05, 3.63) is 5.82 Å². The summed E-state index contributed by atoms with van der Waals surface area (Å²) in [6.45, 7) is 4.37. The SMILES string of the molecule is CSc1nnc([C@H]2CCCN(CC(=O)N3CCCC3)C2)n1C. The fourth-order valence-electron chi connectivity index (χ4n) is 3.53. The van der Waals surface area contributed by atoms with E-state index in [0.29, 0.717) is 18.4 Å². The lowest BCUT2D eigenvalue weighted by Gasteiger charge is -2.32. The molecule has 1 amide bonds. The number of rotatable bonds is 4. The lowest BCUT2D eigenvalue weighted by molar-refractivity contribution is -0.131. The first-order valence-corrected chi connectivity index (χ1v) is 9.35. The Bertz CT molecular complexity index is 526. The van der Waals surface area contributed by atoms with Crippen LogP contribution in [0.5, 0.6) is 0 Å². The molecule has 0 aromatic carbocycles. The van der Waals surface area contributed by atoms with E-state index in [1.165, 1.54) is 0 Å². The summed E-state index contributed by atoms with van der Waals surface area (Å²) in [4.78, 5) is 16.6. The van der Waals surface area contributed by atoms with Gasteiger partial charge in [-0.1, -0.05) is 11.8 Å². The molecule has 6 nitrogen and oxygen atoms in total. The van der Waals surface area contributed by atoms with E-state index in [1.54, 1.807) is 11.8 Å². The number of hydrogen-bond acceptors (Lipinski definition) is 5. The predicted octanol–water partition coefficient (Wildman–Crippen LogP) is 1.34. The first kappa shape index (κ1) is 15.8. The summed E-state index contributed by atoms with van der Waals surface area (Å²) >= 11 is 1.62. The molecule has 0 N–H and O–H groups in total. The van der Waals surface area contributed by atoms with Crippen LogP contribution in [0.15, 0.2) is 5.16 Å². The van der Waals surface area contributed by atoms with Crippen LogP contribution in [0.4, 0.5) is 0 Å². The lowest BCUT2D eigenvalue weighted by Crippen LogP contribution is -2.43. The van der Waals surface area contributed by atoms with E-state index in [4.69, 9.17) is 0 Å². The Morgan fingerprint density at radius 3 is 2.68 bits per heavy atom. The third-order valence-electron chi connectivity index (χ3n) is 4.74. The number of hydrogen-bond donors (Lipinski definition) is 0. The van der Waals surface area contributed by atoms with Crippen LogP contribution in [-0.4, -0.2) is 69.5 Å². The second-order valence-electron chi connectivity index (χ2n) is 6.27. The minimum Gasteiger partial charge on any atom is -0.342 e. The van der Waals surface area contributed by atoms with Crippen molar-refractivity contribution < 1.29 is 4.79 Å². The highest BCUT2D eigenvalue weighted by Crippen LogP contribution is 2.27.